The number of aliphatic carboxylic acids is 1. The van der Waals surface area contributed by atoms with Crippen LogP contribution in [0, 0.1) is 0 Å². The third-order valence-corrected chi connectivity index (χ3v) is 4.59. The largest absolute Gasteiger partial charge is 0.496 e. The van der Waals surface area contributed by atoms with E-state index in [1.54, 1.807) is 7.11 Å². The summed E-state index contributed by atoms with van der Waals surface area (Å²) in [5.74, 6) is -1.20. The lowest BCUT2D eigenvalue weighted by molar-refractivity contribution is -0.192. The molecule has 0 saturated heterocycles. The SMILES string of the molecule is COc1ccccc1Cc1ccc2c(c1)[C@H](C)CNCC2.O=C(O)C(F)(F)F. The van der Waals surface area contributed by atoms with Gasteiger partial charge in [-0.3, -0.25) is 0 Å². The molecule has 1 atom stereocenters. The topological polar surface area (TPSA) is 58.6 Å². The molecule has 1 heterocycles. The van der Waals surface area contributed by atoms with Gasteiger partial charge in [-0.05, 0) is 47.2 Å². The normalized spacial score (nSPS) is 16.2. The number of nitrogens with one attached hydrogen (secondary N) is 1. The molecule has 2 aromatic rings. The molecule has 0 fully saturated rings. The molecule has 7 heteroatoms. The number of halogens is 3. The molecule has 2 N–H and O–H groups in total. The molecule has 0 bridgehead atoms. The van der Waals surface area contributed by atoms with Crippen LogP contribution in [0.1, 0.15) is 35.1 Å². The molecular weight excluding hydrogens is 371 g/mol. The molecule has 4 nitrogen and oxygen atoms in total. The third kappa shape index (κ3) is 5.99. The van der Waals surface area contributed by atoms with Gasteiger partial charge in [0.15, 0.2) is 0 Å². The van der Waals surface area contributed by atoms with Crippen LogP contribution in [0.25, 0.3) is 0 Å². The van der Waals surface area contributed by atoms with Gasteiger partial charge in [-0.25, -0.2) is 4.79 Å². The Morgan fingerprint density at radius 2 is 1.93 bits per heavy atom. The first-order valence-corrected chi connectivity index (χ1v) is 8.96. The number of alkyl halides is 3. The number of carbonyl (C=O) groups is 1. The molecule has 0 unspecified atom stereocenters. The van der Waals surface area contributed by atoms with Crippen molar-refractivity contribution in [3.8, 4) is 5.75 Å². The second-order valence-corrected chi connectivity index (χ2v) is 6.68. The van der Waals surface area contributed by atoms with Gasteiger partial charge in [-0.15, -0.1) is 0 Å². The third-order valence-electron chi connectivity index (χ3n) is 4.59. The van der Waals surface area contributed by atoms with Gasteiger partial charge in [-0.1, -0.05) is 43.3 Å². The lowest BCUT2D eigenvalue weighted by atomic mass is 9.91. The van der Waals surface area contributed by atoms with Crippen LogP contribution in [-0.2, 0) is 17.6 Å². The summed E-state index contributed by atoms with van der Waals surface area (Å²) in [6, 6.07) is 15.2. The summed E-state index contributed by atoms with van der Waals surface area (Å²) in [5.41, 5.74) is 5.62. The number of rotatable bonds is 3. The minimum atomic E-state index is -5.08. The minimum Gasteiger partial charge on any atom is -0.496 e. The van der Waals surface area contributed by atoms with E-state index in [2.05, 4.69) is 42.6 Å². The van der Waals surface area contributed by atoms with Gasteiger partial charge in [0, 0.05) is 13.0 Å². The van der Waals surface area contributed by atoms with Crippen molar-refractivity contribution < 1.29 is 27.8 Å². The summed E-state index contributed by atoms with van der Waals surface area (Å²) in [5, 5.41) is 10.6. The second kappa shape index (κ2) is 9.59. The number of fused-ring (bicyclic) bond motifs is 1. The lowest BCUT2D eigenvalue weighted by Crippen LogP contribution is -2.21. The fraction of sp³-hybridized carbons (Fsp3) is 0.381. The molecule has 0 aliphatic carbocycles. The maximum Gasteiger partial charge on any atom is 0.490 e. The van der Waals surface area contributed by atoms with Crippen molar-refractivity contribution in [3.05, 3.63) is 64.7 Å². The molecule has 1 aliphatic rings. The molecule has 0 amide bonds. The van der Waals surface area contributed by atoms with Crippen LogP contribution in [0.5, 0.6) is 5.75 Å². The number of benzene rings is 2. The first-order chi connectivity index (χ1) is 13.2. The Labute approximate surface area is 162 Å². The van der Waals surface area contributed by atoms with Gasteiger partial charge >= 0.3 is 12.1 Å². The number of carboxylic acids is 1. The predicted octanol–water partition coefficient (Wildman–Crippen LogP) is 4.17. The van der Waals surface area contributed by atoms with Gasteiger partial charge in [0.25, 0.3) is 0 Å². The molecule has 3 rings (SSSR count). The van der Waals surface area contributed by atoms with Gasteiger partial charge in [0.05, 0.1) is 7.11 Å². The Kier molecular flexibility index (Phi) is 7.45. The van der Waals surface area contributed by atoms with Crippen molar-refractivity contribution in [3.63, 3.8) is 0 Å². The maximum absolute atomic E-state index is 10.6. The summed E-state index contributed by atoms with van der Waals surface area (Å²) in [4.78, 5) is 8.90. The summed E-state index contributed by atoms with van der Waals surface area (Å²) >= 11 is 0. The van der Waals surface area contributed by atoms with Crippen molar-refractivity contribution in [1.82, 2.24) is 5.32 Å². The van der Waals surface area contributed by atoms with Crippen molar-refractivity contribution in [2.24, 2.45) is 0 Å². The number of hydrogen-bond donors (Lipinski definition) is 2. The van der Waals surface area contributed by atoms with Gasteiger partial charge < -0.3 is 15.2 Å². The van der Waals surface area contributed by atoms with E-state index in [1.165, 1.54) is 22.3 Å². The van der Waals surface area contributed by atoms with Crippen LogP contribution in [0.4, 0.5) is 13.2 Å². The van der Waals surface area contributed by atoms with Crippen LogP contribution < -0.4 is 10.1 Å². The Balaban J connectivity index is 0.000000345. The summed E-state index contributed by atoms with van der Waals surface area (Å²) in [6.45, 7) is 4.47. The molecule has 152 valence electrons. The Hall–Kier alpha value is -2.54. The van der Waals surface area contributed by atoms with Gasteiger partial charge in [0.1, 0.15) is 5.75 Å². The highest BCUT2D eigenvalue weighted by Gasteiger charge is 2.38. The van der Waals surface area contributed by atoms with Crippen LogP contribution in [0.15, 0.2) is 42.5 Å². The Bertz CT molecular complexity index is 806. The molecule has 2 aromatic carbocycles. The standard InChI is InChI=1S/C19H23NO.C2HF3O2/c1-14-13-20-10-9-16-8-7-15(12-18(14)16)11-17-5-3-4-6-19(17)21-2;3-2(4,5)1(6)7/h3-8,12,14,20H,9-11,13H2,1-2H3;(H,6,7)/t14-;/m1./s1. The van der Waals surface area contributed by atoms with Gasteiger partial charge in [-0.2, -0.15) is 13.2 Å². The summed E-state index contributed by atoms with van der Waals surface area (Å²) in [7, 11) is 1.74. The monoisotopic (exact) mass is 395 g/mol. The second-order valence-electron chi connectivity index (χ2n) is 6.68. The van der Waals surface area contributed by atoms with Crippen molar-refractivity contribution >= 4 is 5.97 Å². The van der Waals surface area contributed by atoms with Crippen LogP contribution in [0.2, 0.25) is 0 Å². The first kappa shape index (κ1) is 21.8. The van der Waals surface area contributed by atoms with E-state index < -0.39 is 12.1 Å². The van der Waals surface area contributed by atoms with Gasteiger partial charge in [0.2, 0.25) is 0 Å². The zero-order valence-corrected chi connectivity index (χ0v) is 15.8. The van der Waals surface area contributed by atoms with Crippen LogP contribution in [0.3, 0.4) is 0 Å². The molecular formula is C21H24F3NO3. The van der Waals surface area contributed by atoms with E-state index in [9.17, 15) is 13.2 Å². The number of ether oxygens (including phenoxy) is 1. The predicted molar refractivity (Wildman–Crippen MR) is 101 cm³/mol. The quantitative estimate of drug-likeness (QED) is 0.819. The number of para-hydroxylation sites is 1. The van der Waals surface area contributed by atoms with E-state index in [4.69, 9.17) is 14.6 Å². The summed E-state index contributed by atoms with van der Waals surface area (Å²) < 4.78 is 37.2. The first-order valence-electron chi connectivity index (χ1n) is 8.96. The van der Waals surface area contributed by atoms with Crippen molar-refractivity contribution in [2.45, 2.75) is 31.9 Å². The zero-order valence-electron chi connectivity index (χ0n) is 15.8. The molecule has 28 heavy (non-hydrogen) atoms. The maximum atomic E-state index is 10.6. The number of methoxy groups -OCH3 is 1. The smallest absolute Gasteiger partial charge is 0.490 e. The molecule has 0 aromatic heterocycles. The zero-order chi connectivity index (χ0) is 20.7. The van der Waals surface area contributed by atoms with Crippen molar-refractivity contribution in [2.75, 3.05) is 20.2 Å². The van der Waals surface area contributed by atoms with E-state index >= 15 is 0 Å². The molecule has 1 aliphatic heterocycles. The van der Waals surface area contributed by atoms with E-state index in [0.717, 1.165) is 31.7 Å². The van der Waals surface area contributed by atoms with E-state index in [-0.39, 0.29) is 0 Å². The fourth-order valence-electron chi connectivity index (χ4n) is 3.16. The molecule has 0 radical (unpaired) electrons. The van der Waals surface area contributed by atoms with Crippen LogP contribution >= 0.6 is 0 Å². The highest BCUT2D eigenvalue weighted by Crippen LogP contribution is 2.26. The van der Waals surface area contributed by atoms with Crippen LogP contribution in [-0.4, -0.2) is 37.5 Å². The summed E-state index contributed by atoms with van der Waals surface area (Å²) in [6.07, 6.45) is -3.02. The molecule has 0 saturated carbocycles. The Morgan fingerprint density at radius 1 is 1.25 bits per heavy atom. The molecule has 0 spiro atoms. The average molecular weight is 395 g/mol. The Morgan fingerprint density at radius 3 is 2.57 bits per heavy atom. The highest BCUT2D eigenvalue weighted by molar-refractivity contribution is 5.73. The average Bonchev–Trinajstić information content (AvgIpc) is 2.83. The lowest BCUT2D eigenvalue weighted by Gasteiger charge is -2.15. The van der Waals surface area contributed by atoms with Crippen molar-refractivity contribution in [1.29, 1.82) is 0 Å². The highest BCUT2D eigenvalue weighted by atomic mass is 19.4. The van der Waals surface area contributed by atoms with E-state index in [1.807, 2.05) is 12.1 Å². The minimum absolute atomic E-state index is 0.583. The fourth-order valence-corrected chi connectivity index (χ4v) is 3.16. The number of hydrogen-bond acceptors (Lipinski definition) is 3. The van der Waals surface area contributed by atoms with E-state index in [0.29, 0.717) is 5.92 Å². The number of carboxylic acid groups (broad SMARTS) is 1.